The van der Waals surface area contributed by atoms with E-state index >= 15 is 0 Å². The molecule has 102 valence electrons. The summed E-state index contributed by atoms with van der Waals surface area (Å²) in [6.45, 7) is 0.000633. The summed E-state index contributed by atoms with van der Waals surface area (Å²) in [5, 5.41) is 3.53. The summed E-state index contributed by atoms with van der Waals surface area (Å²) >= 11 is 0. The van der Waals surface area contributed by atoms with Crippen LogP contribution in [-0.2, 0) is 12.7 Å². The highest BCUT2D eigenvalue weighted by atomic mass is 19.4. The summed E-state index contributed by atoms with van der Waals surface area (Å²) < 4.78 is 43.3. The number of hydrogen-bond acceptors (Lipinski definition) is 5. The zero-order valence-electron chi connectivity index (χ0n) is 9.69. The zero-order chi connectivity index (χ0) is 14.0. The summed E-state index contributed by atoms with van der Waals surface area (Å²) in [4.78, 5) is 3.83. The van der Waals surface area contributed by atoms with Crippen LogP contribution in [0, 0.1) is 0 Å². The molecule has 1 aromatic carbocycles. The standard InChI is InChI=1S/C11H11F3N4O/c12-11(13,14)7-4-2-1-3-6(7)9(16)10-17-8(5-15)19-18-10/h1-4,9H,5,15-16H2. The van der Waals surface area contributed by atoms with E-state index in [0.29, 0.717) is 0 Å². The second kappa shape index (κ2) is 4.98. The van der Waals surface area contributed by atoms with Gasteiger partial charge in [0.1, 0.15) is 0 Å². The largest absolute Gasteiger partial charge is 0.416 e. The third-order valence-electron chi connectivity index (χ3n) is 2.54. The van der Waals surface area contributed by atoms with Gasteiger partial charge in [-0.15, -0.1) is 0 Å². The Bertz CT molecular complexity index is 567. The summed E-state index contributed by atoms with van der Waals surface area (Å²) in [7, 11) is 0. The molecule has 0 amide bonds. The maximum absolute atomic E-state index is 12.9. The van der Waals surface area contributed by atoms with Gasteiger partial charge in [-0.1, -0.05) is 23.4 Å². The summed E-state index contributed by atoms with van der Waals surface area (Å²) in [5.74, 6) is 0.0899. The van der Waals surface area contributed by atoms with Gasteiger partial charge in [-0.3, -0.25) is 0 Å². The molecular weight excluding hydrogens is 261 g/mol. The minimum Gasteiger partial charge on any atom is -0.338 e. The molecule has 0 spiro atoms. The topological polar surface area (TPSA) is 91.0 Å². The number of benzene rings is 1. The van der Waals surface area contributed by atoms with Gasteiger partial charge in [-0.2, -0.15) is 18.2 Å². The molecule has 2 rings (SSSR count). The Hall–Kier alpha value is -1.93. The van der Waals surface area contributed by atoms with Crippen molar-refractivity contribution in [2.24, 2.45) is 11.5 Å². The molecule has 2 aromatic rings. The second-order valence-electron chi connectivity index (χ2n) is 3.81. The molecule has 1 heterocycles. The molecule has 1 atom stereocenters. The van der Waals surface area contributed by atoms with Crippen LogP contribution in [0.2, 0.25) is 0 Å². The molecular formula is C11H11F3N4O. The van der Waals surface area contributed by atoms with E-state index in [1.165, 1.54) is 18.2 Å². The lowest BCUT2D eigenvalue weighted by Gasteiger charge is -2.15. The highest BCUT2D eigenvalue weighted by Gasteiger charge is 2.35. The number of aromatic nitrogens is 2. The molecule has 0 aliphatic rings. The predicted octanol–water partition coefficient (Wildman–Crippen LogP) is 1.60. The van der Waals surface area contributed by atoms with Crippen molar-refractivity contribution < 1.29 is 17.7 Å². The van der Waals surface area contributed by atoms with Gasteiger partial charge >= 0.3 is 6.18 Å². The highest BCUT2D eigenvalue weighted by molar-refractivity contribution is 5.35. The molecule has 5 nitrogen and oxygen atoms in total. The fraction of sp³-hybridized carbons (Fsp3) is 0.273. The van der Waals surface area contributed by atoms with Gasteiger partial charge in [0, 0.05) is 0 Å². The van der Waals surface area contributed by atoms with E-state index < -0.39 is 17.8 Å². The summed E-state index contributed by atoms with van der Waals surface area (Å²) in [6.07, 6.45) is -4.49. The first kappa shape index (κ1) is 13.5. The van der Waals surface area contributed by atoms with Crippen molar-refractivity contribution in [1.29, 1.82) is 0 Å². The Kier molecular flexibility index (Phi) is 3.54. The van der Waals surface area contributed by atoms with Crippen LogP contribution < -0.4 is 11.5 Å². The average molecular weight is 272 g/mol. The normalized spacial score (nSPS) is 13.5. The fourth-order valence-electron chi connectivity index (χ4n) is 1.64. The predicted molar refractivity (Wildman–Crippen MR) is 59.7 cm³/mol. The molecule has 1 unspecified atom stereocenters. The highest BCUT2D eigenvalue weighted by Crippen LogP contribution is 2.35. The van der Waals surface area contributed by atoms with Gasteiger partial charge in [-0.25, -0.2) is 0 Å². The number of rotatable bonds is 3. The molecule has 4 N–H and O–H groups in total. The van der Waals surface area contributed by atoms with Gasteiger partial charge in [0.25, 0.3) is 0 Å². The van der Waals surface area contributed by atoms with Crippen LogP contribution >= 0.6 is 0 Å². The van der Waals surface area contributed by atoms with E-state index in [4.69, 9.17) is 16.0 Å². The summed E-state index contributed by atoms with van der Waals surface area (Å²) in [6, 6.07) is 3.88. The van der Waals surface area contributed by atoms with Crippen LogP contribution in [0.5, 0.6) is 0 Å². The van der Waals surface area contributed by atoms with E-state index in [1.807, 2.05) is 0 Å². The number of nitrogens with zero attached hydrogens (tertiary/aromatic N) is 2. The lowest BCUT2D eigenvalue weighted by Crippen LogP contribution is -2.19. The molecule has 0 aliphatic carbocycles. The Morgan fingerprint density at radius 3 is 2.53 bits per heavy atom. The van der Waals surface area contributed by atoms with Gasteiger partial charge in [-0.05, 0) is 11.6 Å². The van der Waals surface area contributed by atoms with Crippen molar-refractivity contribution in [3.8, 4) is 0 Å². The van der Waals surface area contributed by atoms with Crippen molar-refractivity contribution in [3.05, 3.63) is 47.1 Å². The quantitative estimate of drug-likeness (QED) is 0.885. The Morgan fingerprint density at radius 1 is 1.26 bits per heavy atom. The number of nitrogens with two attached hydrogens (primary N) is 2. The minimum absolute atomic E-state index is 0.000633. The second-order valence-corrected chi connectivity index (χ2v) is 3.81. The van der Waals surface area contributed by atoms with E-state index in [2.05, 4.69) is 10.1 Å². The van der Waals surface area contributed by atoms with Gasteiger partial charge in [0.2, 0.25) is 5.89 Å². The Labute approximate surface area is 106 Å². The maximum Gasteiger partial charge on any atom is 0.416 e. The number of alkyl halides is 3. The Morgan fingerprint density at radius 2 is 1.95 bits per heavy atom. The van der Waals surface area contributed by atoms with Crippen molar-refractivity contribution in [2.45, 2.75) is 18.8 Å². The maximum atomic E-state index is 12.9. The van der Waals surface area contributed by atoms with Crippen molar-refractivity contribution in [2.75, 3.05) is 0 Å². The number of halogens is 3. The van der Waals surface area contributed by atoms with Gasteiger partial charge < -0.3 is 16.0 Å². The molecule has 0 fully saturated rings. The van der Waals surface area contributed by atoms with E-state index in [0.717, 1.165) is 6.07 Å². The average Bonchev–Trinajstić information content (AvgIpc) is 2.85. The lowest BCUT2D eigenvalue weighted by molar-refractivity contribution is -0.138. The van der Waals surface area contributed by atoms with E-state index in [-0.39, 0.29) is 23.8 Å². The smallest absolute Gasteiger partial charge is 0.338 e. The molecule has 0 aliphatic heterocycles. The molecule has 0 saturated carbocycles. The number of hydrogen-bond donors (Lipinski definition) is 2. The first-order valence-corrected chi connectivity index (χ1v) is 5.37. The van der Waals surface area contributed by atoms with Crippen molar-refractivity contribution in [3.63, 3.8) is 0 Å². The minimum atomic E-state index is -4.49. The molecule has 0 bridgehead atoms. The van der Waals surface area contributed by atoms with Gasteiger partial charge in [0.15, 0.2) is 5.82 Å². The molecule has 8 heteroatoms. The first-order valence-electron chi connectivity index (χ1n) is 5.37. The Balaban J connectivity index is 2.41. The third kappa shape index (κ3) is 2.74. The first-order chi connectivity index (χ1) is 8.93. The van der Waals surface area contributed by atoms with Crippen molar-refractivity contribution >= 4 is 0 Å². The molecule has 19 heavy (non-hydrogen) atoms. The molecule has 0 saturated heterocycles. The van der Waals surface area contributed by atoms with Crippen molar-refractivity contribution in [1.82, 2.24) is 10.1 Å². The third-order valence-corrected chi connectivity index (χ3v) is 2.54. The SMILES string of the molecule is NCc1nc(C(N)c2ccccc2C(F)(F)F)no1. The monoisotopic (exact) mass is 272 g/mol. The van der Waals surface area contributed by atoms with Crippen LogP contribution in [0.3, 0.4) is 0 Å². The van der Waals surface area contributed by atoms with Crippen LogP contribution in [0.25, 0.3) is 0 Å². The zero-order valence-corrected chi connectivity index (χ0v) is 9.69. The van der Waals surface area contributed by atoms with Gasteiger partial charge in [0.05, 0.1) is 18.2 Å². The summed E-state index contributed by atoms with van der Waals surface area (Å²) in [5.41, 5.74) is 10.1. The van der Waals surface area contributed by atoms with Crippen LogP contribution in [0.1, 0.15) is 28.9 Å². The van der Waals surface area contributed by atoms with Crippen LogP contribution in [-0.4, -0.2) is 10.1 Å². The fourth-order valence-corrected chi connectivity index (χ4v) is 1.64. The molecule has 0 radical (unpaired) electrons. The van der Waals surface area contributed by atoms with Crippen LogP contribution in [0.15, 0.2) is 28.8 Å². The molecule has 1 aromatic heterocycles. The van der Waals surface area contributed by atoms with Crippen LogP contribution in [0.4, 0.5) is 13.2 Å². The lowest BCUT2D eigenvalue weighted by atomic mass is 10.00. The van der Waals surface area contributed by atoms with E-state index in [1.54, 1.807) is 0 Å². The van der Waals surface area contributed by atoms with E-state index in [9.17, 15) is 13.2 Å².